The monoisotopic (exact) mass is 487 g/mol. The van der Waals surface area contributed by atoms with Gasteiger partial charge < -0.3 is 9.47 Å². The molecule has 1 aromatic heterocycles. The van der Waals surface area contributed by atoms with Crippen molar-refractivity contribution < 1.29 is 18.0 Å². The maximum absolute atomic E-state index is 12.7. The molecule has 11 heteroatoms. The summed E-state index contributed by atoms with van der Waals surface area (Å²) >= 11 is 1.47. The SMILES string of the molecule is Cn1/c(=N/NC(=O)CCC(=O)N2CCN(S(=O)(=O)c3ccccc3)CC2)sc2ccccc21. The molecule has 0 unspecified atom stereocenters. The Kier molecular flexibility index (Phi) is 6.91. The maximum Gasteiger partial charge on any atom is 0.243 e. The molecule has 1 N–H and O–H groups in total. The number of para-hydroxylation sites is 1. The van der Waals surface area contributed by atoms with Gasteiger partial charge in [-0.05, 0) is 24.3 Å². The zero-order valence-corrected chi connectivity index (χ0v) is 19.8. The minimum Gasteiger partial charge on any atom is -0.340 e. The summed E-state index contributed by atoms with van der Waals surface area (Å²) < 4.78 is 29.8. The molecule has 0 spiro atoms. The first-order valence-electron chi connectivity index (χ1n) is 10.6. The van der Waals surface area contributed by atoms with Crippen LogP contribution >= 0.6 is 11.3 Å². The fourth-order valence-corrected chi connectivity index (χ4v) is 6.07. The van der Waals surface area contributed by atoms with Gasteiger partial charge in [-0.1, -0.05) is 41.7 Å². The van der Waals surface area contributed by atoms with Crippen LogP contribution in [0.1, 0.15) is 12.8 Å². The van der Waals surface area contributed by atoms with E-state index in [1.165, 1.54) is 15.6 Å². The first kappa shape index (κ1) is 23.1. The normalized spacial score (nSPS) is 15.7. The molecule has 1 fully saturated rings. The summed E-state index contributed by atoms with van der Waals surface area (Å²) in [5.74, 6) is -0.513. The number of nitrogens with zero attached hydrogens (tertiary/aromatic N) is 4. The average molecular weight is 488 g/mol. The van der Waals surface area contributed by atoms with Crippen LogP contribution in [0.5, 0.6) is 0 Å². The molecular formula is C22H25N5O4S2. The van der Waals surface area contributed by atoms with E-state index in [1.54, 1.807) is 35.2 Å². The number of thiazole rings is 1. The molecule has 174 valence electrons. The zero-order valence-electron chi connectivity index (χ0n) is 18.2. The Hall–Kier alpha value is -3.02. The highest BCUT2D eigenvalue weighted by Crippen LogP contribution is 2.18. The molecule has 0 bridgehead atoms. The number of rotatable bonds is 6. The Bertz CT molecular complexity index is 1320. The van der Waals surface area contributed by atoms with E-state index in [4.69, 9.17) is 0 Å². The highest BCUT2D eigenvalue weighted by Gasteiger charge is 2.29. The van der Waals surface area contributed by atoms with Gasteiger partial charge in [0, 0.05) is 46.1 Å². The number of hydrogen-bond donors (Lipinski definition) is 1. The van der Waals surface area contributed by atoms with Gasteiger partial charge in [0.25, 0.3) is 0 Å². The van der Waals surface area contributed by atoms with E-state index < -0.39 is 10.0 Å². The summed E-state index contributed by atoms with van der Waals surface area (Å²) in [4.78, 5) is 27.2. The molecule has 9 nitrogen and oxygen atoms in total. The van der Waals surface area contributed by atoms with Crippen molar-refractivity contribution >= 4 is 43.4 Å². The number of carbonyl (C=O) groups is 2. The number of carbonyl (C=O) groups excluding carboxylic acids is 2. The predicted molar refractivity (Wildman–Crippen MR) is 126 cm³/mol. The van der Waals surface area contributed by atoms with Crippen molar-refractivity contribution in [2.45, 2.75) is 17.7 Å². The molecule has 0 atom stereocenters. The number of hydrogen-bond acceptors (Lipinski definition) is 6. The number of nitrogens with one attached hydrogen (secondary N) is 1. The lowest BCUT2D eigenvalue weighted by atomic mass is 10.2. The number of aryl methyl sites for hydroxylation is 1. The zero-order chi connectivity index (χ0) is 23.4. The van der Waals surface area contributed by atoms with Crippen LogP contribution in [0.3, 0.4) is 0 Å². The van der Waals surface area contributed by atoms with Crippen LogP contribution in [-0.2, 0) is 26.7 Å². The Balaban J connectivity index is 1.27. The maximum atomic E-state index is 12.7. The summed E-state index contributed by atoms with van der Waals surface area (Å²) in [6.45, 7) is 1.06. The van der Waals surface area contributed by atoms with E-state index in [1.807, 2.05) is 35.9 Å². The van der Waals surface area contributed by atoms with Gasteiger partial charge in [0.2, 0.25) is 26.6 Å². The molecule has 33 heavy (non-hydrogen) atoms. The molecule has 1 aliphatic heterocycles. The summed E-state index contributed by atoms with van der Waals surface area (Å²) in [5.41, 5.74) is 3.55. The third-order valence-corrected chi connectivity index (χ3v) is 8.56. The summed E-state index contributed by atoms with van der Waals surface area (Å²) in [5, 5.41) is 4.18. The topological polar surface area (TPSA) is 104 Å². The second-order valence-corrected chi connectivity index (χ2v) is 10.6. The Morgan fingerprint density at radius 3 is 2.33 bits per heavy atom. The van der Waals surface area contributed by atoms with Crippen LogP contribution in [-0.4, -0.2) is 60.2 Å². The first-order chi connectivity index (χ1) is 15.9. The minimum atomic E-state index is -3.57. The molecule has 3 aromatic rings. The van der Waals surface area contributed by atoms with Crippen LogP contribution < -0.4 is 10.2 Å². The molecular weight excluding hydrogens is 462 g/mol. The predicted octanol–water partition coefficient (Wildman–Crippen LogP) is 1.48. The average Bonchev–Trinajstić information content (AvgIpc) is 3.17. The second-order valence-electron chi connectivity index (χ2n) is 7.66. The molecule has 1 aliphatic rings. The smallest absolute Gasteiger partial charge is 0.243 e. The Labute approximate surface area is 196 Å². The molecule has 2 amide bonds. The lowest BCUT2D eigenvalue weighted by Crippen LogP contribution is -2.50. The quantitative estimate of drug-likeness (QED) is 0.532. The van der Waals surface area contributed by atoms with Crippen LogP contribution in [0, 0.1) is 0 Å². The number of fused-ring (bicyclic) bond motifs is 1. The van der Waals surface area contributed by atoms with E-state index in [2.05, 4.69) is 10.5 Å². The summed E-state index contributed by atoms with van der Waals surface area (Å²) in [6, 6.07) is 16.1. The van der Waals surface area contributed by atoms with Crippen molar-refractivity contribution in [1.29, 1.82) is 0 Å². The number of piperazine rings is 1. The van der Waals surface area contributed by atoms with E-state index in [0.717, 1.165) is 10.2 Å². The van der Waals surface area contributed by atoms with Gasteiger partial charge >= 0.3 is 0 Å². The molecule has 1 saturated heterocycles. The highest BCUT2D eigenvalue weighted by atomic mass is 32.2. The standard InChI is InChI=1S/C22H25N5O4S2/c1-25-18-9-5-6-10-19(18)32-22(25)24-23-20(28)11-12-21(29)26-13-15-27(16-14-26)33(30,31)17-7-3-2-4-8-17/h2-10H,11-16H2,1H3,(H,23,28)/b24-22-. The molecule has 4 rings (SSSR count). The third-order valence-electron chi connectivity index (χ3n) is 5.53. The molecule has 0 saturated carbocycles. The second kappa shape index (κ2) is 9.86. The fourth-order valence-electron chi connectivity index (χ4n) is 3.65. The van der Waals surface area contributed by atoms with Crippen molar-refractivity contribution in [3.05, 3.63) is 59.4 Å². The van der Waals surface area contributed by atoms with Crippen molar-refractivity contribution in [1.82, 2.24) is 19.2 Å². The van der Waals surface area contributed by atoms with Crippen molar-refractivity contribution in [2.24, 2.45) is 12.1 Å². The number of amides is 2. The number of benzene rings is 2. The van der Waals surface area contributed by atoms with Gasteiger partial charge in [0.05, 0.1) is 15.1 Å². The van der Waals surface area contributed by atoms with E-state index >= 15 is 0 Å². The molecule has 0 aliphatic carbocycles. The Morgan fingerprint density at radius 2 is 1.64 bits per heavy atom. The van der Waals surface area contributed by atoms with Crippen LogP contribution in [0.4, 0.5) is 0 Å². The lowest BCUT2D eigenvalue weighted by molar-refractivity contribution is -0.134. The molecule has 0 radical (unpaired) electrons. The summed E-state index contributed by atoms with van der Waals surface area (Å²) in [6.07, 6.45) is 0.0603. The van der Waals surface area contributed by atoms with Crippen molar-refractivity contribution in [2.75, 3.05) is 26.2 Å². The largest absolute Gasteiger partial charge is 0.340 e. The van der Waals surface area contributed by atoms with Gasteiger partial charge in [-0.3, -0.25) is 9.59 Å². The first-order valence-corrected chi connectivity index (χ1v) is 12.8. The van der Waals surface area contributed by atoms with Crippen LogP contribution in [0.15, 0.2) is 64.6 Å². The van der Waals surface area contributed by atoms with E-state index in [9.17, 15) is 18.0 Å². The van der Waals surface area contributed by atoms with Gasteiger partial charge in [-0.15, -0.1) is 5.10 Å². The molecule has 2 aromatic carbocycles. The third kappa shape index (κ3) is 5.15. The van der Waals surface area contributed by atoms with Crippen LogP contribution in [0.25, 0.3) is 10.2 Å². The van der Waals surface area contributed by atoms with Gasteiger partial charge in [0.1, 0.15) is 0 Å². The Morgan fingerprint density at radius 1 is 0.970 bits per heavy atom. The van der Waals surface area contributed by atoms with E-state index in [-0.39, 0.29) is 42.6 Å². The number of aromatic nitrogens is 1. The van der Waals surface area contributed by atoms with Gasteiger partial charge in [-0.25, -0.2) is 13.8 Å². The van der Waals surface area contributed by atoms with E-state index in [0.29, 0.717) is 17.9 Å². The van der Waals surface area contributed by atoms with Crippen molar-refractivity contribution in [3.63, 3.8) is 0 Å². The molecule has 2 heterocycles. The minimum absolute atomic E-state index is 0.0134. The van der Waals surface area contributed by atoms with Crippen LogP contribution in [0.2, 0.25) is 0 Å². The fraction of sp³-hybridized carbons (Fsp3) is 0.318. The van der Waals surface area contributed by atoms with Crippen molar-refractivity contribution in [3.8, 4) is 0 Å². The highest BCUT2D eigenvalue weighted by molar-refractivity contribution is 7.89. The number of sulfonamides is 1. The lowest BCUT2D eigenvalue weighted by Gasteiger charge is -2.34. The van der Waals surface area contributed by atoms with Gasteiger partial charge in [0.15, 0.2) is 0 Å². The van der Waals surface area contributed by atoms with Gasteiger partial charge in [-0.2, -0.15) is 4.31 Å². The summed E-state index contributed by atoms with van der Waals surface area (Å²) in [7, 11) is -1.69.